The summed E-state index contributed by atoms with van der Waals surface area (Å²) in [5, 5.41) is 2.68. The number of nitrogens with zero attached hydrogens (tertiary/aromatic N) is 1. The van der Waals surface area contributed by atoms with Crippen LogP contribution < -0.4 is 10.0 Å². The Balaban J connectivity index is 1.84. The zero-order chi connectivity index (χ0) is 19.4. The van der Waals surface area contributed by atoms with Crippen LogP contribution in [0, 0.1) is 10.5 Å². The summed E-state index contributed by atoms with van der Waals surface area (Å²) in [6, 6.07) is 14.9. The summed E-state index contributed by atoms with van der Waals surface area (Å²) in [5.74, 6) is -0.362. The van der Waals surface area contributed by atoms with Gasteiger partial charge in [0.15, 0.2) is 0 Å². The molecule has 0 spiro atoms. The van der Waals surface area contributed by atoms with Crippen molar-refractivity contribution >= 4 is 49.9 Å². The minimum absolute atomic E-state index is 0.0591. The van der Waals surface area contributed by atoms with Crippen molar-refractivity contribution in [2.75, 3.05) is 10.0 Å². The van der Waals surface area contributed by atoms with Gasteiger partial charge in [-0.25, -0.2) is 8.42 Å². The number of aromatic nitrogens is 1. The maximum atomic E-state index is 12.7. The fraction of sp³-hybridized carbons (Fsp3) is 0.0526. The standard InChI is InChI=1S/C19H16IN3O3S/c1-13-7-8-17(20)18(10-13)23-27(25,26)16-6-2-5-15(11-16)22-19(24)14-4-3-9-21-12-14/h2-12,23H,1H3,(H,22,24). The highest BCUT2D eigenvalue weighted by Gasteiger charge is 2.17. The second kappa shape index (κ2) is 8.05. The number of pyridine rings is 1. The molecule has 2 N–H and O–H groups in total. The van der Waals surface area contributed by atoms with Crippen molar-refractivity contribution in [1.29, 1.82) is 0 Å². The van der Waals surface area contributed by atoms with Gasteiger partial charge in [-0.15, -0.1) is 0 Å². The summed E-state index contributed by atoms with van der Waals surface area (Å²) in [7, 11) is -3.79. The predicted molar refractivity (Wildman–Crippen MR) is 113 cm³/mol. The van der Waals surface area contributed by atoms with Gasteiger partial charge in [0.2, 0.25) is 0 Å². The molecule has 0 radical (unpaired) electrons. The van der Waals surface area contributed by atoms with Crippen molar-refractivity contribution in [1.82, 2.24) is 4.98 Å². The average molecular weight is 493 g/mol. The van der Waals surface area contributed by atoms with E-state index in [9.17, 15) is 13.2 Å². The minimum Gasteiger partial charge on any atom is -0.322 e. The van der Waals surface area contributed by atoms with E-state index in [1.807, 2.05) is 19.1 Å². The number of hydrogen-bond acceptors (Lipinski definition) is 4. The van der Waals surface area contributed by atoms with Gasteiger partial charge in [-0.1, -0.05) is 12.1 Å². The molecule has 1 amide bonds. The number of sulfonamides is 1. The molecule has 0 aliphatic heterocycles. The van der Waals surface area contributed by atoms with Crippen LogP contribution in [-0.4, -0.2) is 19.3 Å². The molecule has 1 heterocycles. The zero-order valence-electron chi connectivity index (χ0n) is 14.3. The molecule has 0 unspecified atom stereocenters. The number of rotatable bonds is 5. The molecule has 8 heteroatoms. The van der Waals surface area contributed by atoms with Crippen LogP contribution in [0.5, 0.6) is 0 Å². The van der Waals surface area contributed by atoms with Crippen LogP contribution in [0.1, 0.15) is 15.9 Å². The van der Waals surface area contributed by atoms with Gasteiger partial charge in [-0.3, -0.25) is 14.5 Å². The van der Waals surface area contributed by atoms with Crippen LogP contribution >= 0.6 is 22.6 Å². The topological polar surface area (TPSA) is 88.2 Å². The summed E-state index contributed by atoms with van der Waals surface area (Å²) in [5.41, 5.74) is 2.23. The number of benzene rings is 2. The van der Waals surface area contributed by atoms with Gasteiger partial charge >= 0.3 is 0 Å². The van der Waals surface area contributed by atoms with Crippen molar-refractivity contribution in [3.63, 3.8) is 0 Å². The molecular weight excluding hydrogens is 477 g/mol. The third-order valence-electron chi connectivity index (χ3n) is 3.69. The fourth-order valence-electron chi connectivity index (χ4n) is 2.36. The molecule has 0 aliphatic rings. The van der Waals surface area contributed by atoms with E-state index in [-0.39, 0.29) is 10.8 Å². The van der Waals surface area contributed by atoms with Crippen LogP contribution in [0.2, 0.25) is 0 Å². The number of nitrogens with one attached hydrogen (secondary N) is 2. The summed E-state index contributed by atoms with van der Waals surface area (Å²) in [4.78, 5) is 16.2. The number of aryl methyl sites for hydroxylation is 1. The average Bonchev–Trinajstić information content (AvgIpc) is 2.65. The summed E-state index contributed by atoms with van der Waals surface area (Å²) in [6.07, 6.45) is 3.01. The van der Waals surface area contributed by atoms with Gasteiger partial charge in [0.25, 0.3) is 15.9 Å². The third kappa shape index (κ3) is 4.83. The van der Waals surface area contributed by atoms with Gasteiger partial charge in [-0.05, 0) is 77.5 Å². The maximum absolute atomic E-state index is 12.7. The van der Waals surface area contributed by atoms with E-state index in [2.05, 4.69) is 37.6 Å². The molecule has 0 atom stereocenters. The lowest BCUT2D eigenvalue weighted by Gasteiger charge is -2.12. The van der Waals surface area contributed by atoms with Crippen molar-refractivity contribution in [2.45, 2.75) is 11.8 Å². The molecule has 0 saturated heterocycles. The highest BCUT2D eigenvalue weighted by Crippen LogP contribution is 2.24. The van der Waals surface area contributed by atoms with Crippen molar-refractivity contribution in [2.24, 2.45) is 0 Å². The molecule has 6 nitrogen and oxygen atoms in total. The van der Waals surface area contributed by atoms with E-state index in [1.165, 1.54) is 18.3 Å². The monoisotopic (exact) mass is 493 g/mol. The van der Waals surface area contributed by atoms with Crippen molar-refractivity contribution in [3.05, 3.63) is 81.7 Å². The summed E-state index contributed by atoms with van der Waals surface area (Å²) < 4.78 is 28.9. The van der Waals surface area contributed by atoms with Gasteiger partial charge in [0.1, 0.15) is 0 Å². The van der Waals surface area contributed by atoms with Gasteiger partial charge < -0.3 is 5.32 Å². The van der Waals surface area contributed by atoms with Crippen LogP contribution in [0.15, 0.2) is 71.9 Å². The SMILES string of the molecule is Cc1ccc(I)c(NS(=O)(=O)c2cccc(NC(=O)c3cccnc3)c2)c1. The van der Waals surface area contributed by atoms with Crippen molar-refractivity contribution in [3.8, 4) is 0 Å². The highest BCUT2D eigenvalue weighted by atomic mass is 127. The Morgan fingerprint density at radius 1 is 1.07 bits per heavy atom. The summed E-state index contributed by atoms with van der Waals surface area (Å²) in [6.45, 7) is 1.89. The molecule has 0 aliphatic carbocycles. The van der Waals surface area contributed by atoms with Gasteiger partial charge in [0.05, 0.1) is 16.1 Å². The lowest BCUT2D eigenvalue weighted by atomic mass is 10.2. The number of anilines is 2. The Morgan fingerprint density at radius 2 is 1.89 bits per heavy atom. The Morgan fingerprint density at radius 3 is 2.63 bits per heavy atom. The van der Waals surface area contributed by atoms with E-state index in [1.54, 1.807) is 36.5 Å². The Labute approximate surface area is 171 Å². The third-order valence-corrected chi connectivity index (χ3v) is 6.00. The van der Waals surface area contributed by atoms with Crippen LogP contribution in [0.25, 0.3) is 0 Å². The second-order valence-corrected chi connectivity index (χ2v) is 8.66. The summed E-state index contributed by atoms with van der Waals surface area (Å²) >= 11 is 2.08. The first kappa shape index (κ1) is 19.3. The highest BCUT2D eigenvalue weighted by molar-refractivity contribution is 14.1. The van der Waals surface area contributed by atoms with Gasteiger partial charge in [-0.2, -0.15) is 0 Å². The first-order valence-electron chi connectivity index (χ1n) is 7.95. The number of amides is 1. The Bertz CT molecular complexity index is 1090. The molecule has 1 aromatic heterocycles. The molecule has 0 saturated carbocycles. The number of halogens is 1. The Hall–Kier alpha value is -2.46. The molecule has 2 aromatic carbocycles. The second-order valence-electron chi connectivity index (χ2n) is 5.81. The first-order valence-corrected chi connectivity index (χ1v) is 10.5. The number of hydrogen-bond donors (Lipinski definition) is 2. The smallest absolute Gasteiger partial charge is 0.262 e. The largest absolute Gasteiger partial charge is 0.322 e. The zero-order valence-corrected chi connectivity index (χ0v) is 17.3. The maximum Gasteiger partial charge on any atom is 0.262 e. The predicted octanol–water partition coefficient (Wildman–Crippen LogP) is 4.05. The van der Waals surface area contributed by atoms with E-state index in [0.717, 1.165) is 9.13 Å². The van der Waals surface area contributed by atoms with E-state index in [0.29, 0.717) is 16.9 Å². The molecule has 3 rings (SSSR count). The van der Waals surface area contributed by atoms with E-state index >= 15 is 0 Å². The minimum atomic E-state index is -3.79. The molecule has 27 heavy (non-hydrogen) atoms. The molecule has 0 fully saturated rings. The van der Waals surface area contributed by atoms with Crippen LogP contribution in [0.3, 0.4) is 0 Å². The molecule has 0 bridgehead atoms. The molecule has 138 valence electrons. The van der Waals surface area contributed by atoms with Crippen LogP contribution in [-0.2, 0) is 10.0 Å². The number of carbonyl (C=O) groups is 1. The number of carbonyl (C=O) groups excluding carboxylic acids is 1. The fourth-order valence-corrected chi connectivity index (χ4v) is 4.13. The molecule has 3 aromatic rings. The van der Waals surface area contributed by atoms with E-state index < -0.39 is 10.0 Å². The molecular formula is C19H16IN3O3S. The lowest BCUT2D eigenvalue weighted by Crippen LogP contribution is -2.15. The normalized spacial score (nSPS) is 11.0. The van der Waals surface area contributed by atoms with Crippen molar-refractivity contribution < 1.29 is 13.2 Å². The quantitative estimate of drug-likeness (QED) is 0.526. The van der Waals surface area contributed by atoms with Gasteiger partial charge in [0, 0.05) is 21.7 Å². The Kier molecular flexibility index (Phi) is 5.76. The van der Waals surface area contributed by atoms with E-state index in [4.69, 9.17) is 0 Å². The lowest BCUT2D eigenvalue weighted by molar-refractivity contribution is 0.102. The van der Waals surface area contributed by atoms with Crippen LogP contribution in [0.4, 0.5) is 11.4 Å². The first-order chi connectivity index (χ1) is 12.8.